The molecule has 2 aliphatic heterocycles. The molecule has 62 heavy (non-hydrogen) atoms. The van der Waals surface area contributed by atoms with Gasteiger partial charge in [-0.15, -0.1) is 0 Å². The Hall–Kier alpha value is -6.23. The van der Waals surface area contributed by atoms with E-state index in [1.165, 1.54) is 31.3 Å². The van der Waals surface area contributed by atoms with Gasteiger partial charge >= 0.3 is 6.18 Å². The summed E-state index contributed by atoms with van der Waals surface area (Å²) < 4.78 is 54.1. The first-order valence-electron chi connectivity index (χ1n) is 20.5. The van der Waals surface area contributed by atoms with Crippen LogP contribution >= 0.6 is 0 Å². The smallest absolute Gasteiger partial charge is 0.416 e. The third-order valence-corrected chi connectivity index (χ3v) is 11.4. The van der Waals surface area contributed by atoms with Gasteiger partial charge in [0.1, 0.15) is 17.3 Å². The SMILES string of the molecule is COc1ccc(N(C(=O)Cc2cc(NC(=O)c3ccc(CN4CCN(C)CC4)c(C(F)(F)F)c3)ccc2C)c2ccnc(Nc3ccc(N4CCN(C)CC4)cc3)n2)c(OC)c1. The molecule has 0 unspecified atom stereocenters. The number of alkyl halides is 3. The minimum absolute atomic E-state index is 0.120. The van der Waals surface area contributed by atoms with Crippen LogP contribution in [-0.2, 0) is 23.9 Å². The van der Waals surface area contributed by atoms with Gasteiger partial charge in [-0.3, -0.25) is 19.4 Å². The van der Waals surface area contributed by atoms with Crippen LogP contribution in [0, 0.1) is 6.92 Å². The number of carbonyl (C=O) groups excluding carboxylic acids is 2. The molecule has 2 fully saturated rings. The monoisotopic (exact) mass is 851 g/mol. The fourth-order valence-corrected chi connectivity index (χ4v) is 7.59. The molecule has 0 bridgehead atoms. The number of nitrogens with one attached hydrogen (secondary N) is 2. The second-order valence-corrected chi connectivity index (χ2v) is 15.7. The molecule has 0 atom stereocenters. The average Bonchev–Trinajstić information content (AvgIpc) is 3.26. The van der Waals surface area contributed by atoms with Crippen LogP contribution in [0.25, 0.3) is 0 Å². The number of hydrogen-bond donors (Lipinski definition) is 2. The number of halogens is 3. The Morgan fingerprint density at radius 3 is 2.15 bits per heavy atom. The number of anilines is 6. The van der Waals surface area contributed by atoms with Crippen molar-refractivity contribution in [3.63, 3.8) is 0 Å². The van der Waals surface area contributed by atoms with E-state index in [1.807, 2.05) is 31.0 Å². The lowest BCUT2D eigenvalue weighted by molar-refractivity contribution is -0.138. The van der Waals surface area contributed by atoms with Crippen molar-refractivity contribution in [2.45, 2.75) is 26.1 Å². The second-order valence-electron chi connectivity index (χ2n) is 15.7. The molecule has 7 rings (SSSR count). The van der Waals surface area contributed by atoms with E-state index in [4.69, 9.17) is 14.5 Å². The first-order chi connectivity index (χ1) is 29.8. The van der Waals surface area contributed by atoms with Crippen LogP contribution in [0.5, 0.6) is 11.5 Å². The van der Waals surface area contributed by atoms with Crippen LogP contribution in [0.2, 0.25) is 0 Å². The van der Waals surface area contributed by atoms with Gasteiger partial charge in [0.15, 0.2) is 0 Å². The molecule has 0 spiro atoms. The van der Waals surface area contributed by atoms with Gasteiger partial charge in [-0.25, -0.2) is 4.98 Å². The Morgan fingerprint density at radius 2 is 1.47 bits per heavy atom. The van der Waals surface area contributed by atoms with E-state index in [1.54, 1.807) is 48.7 Å². The normalized spacial score (nSPS) is 15.3. The summed E-state index contributed by atoms with van der Waals surface area (Å²) in [6, 6.07) is 23.5. The highest BCUT2D eigenvalue weighted by molar-refractivity contribution is 6.05. The van der Waals surface area contributed by atoms with Gasteiger partial charge in [-0.1, -0.05) is 12.1 Å². The number of hydrogen-bond acceptors (Lipinski definition) is 11. The maximum atomic E-state index is 14.6. The number of benzene rings is 4. The van der Waals surface area contributed by atoms with Crippen LogP contribution in [-0.4, -0.2) is 117 Å². The minimum Gasteiger partial charge on any atom is -0.497 e. The lowest BCUT2D eigenvalue weighted by atomic mass is 10.0. The molecule has 2 amide bonds. The molecule has 4 aromatic carbocycles. The molecule has 0 saturated carbocycles. The number of likely N-dealkylation sites (N-methyl/N-ethyl adjacent to an activating group) is 2. The quantitative estimate of drug-likeness (QED) is 0.125. The predicted octanol–water partition coefficient (Wildman–Crippen LogP) is 7.22. The second kappa shape index (κ2) is 19.2. The van der Waals surface area contributed by atoms with E-state index < -0.39 is 17.6 Å². The highest BCUT2D eigenvalue weighted by Crippen LogP contribution is 2.38. The van der Waals surface area contributed by atoms with E-state index in [-0.39, 0.29) is 41.8 Å². The van der Waals surface area contributed by atoms with Crippen molar-refractivity contribution in [2.75, 3.05) is 101 Å². The Kier molecular flexibility index (Phi) is 13.6. The van der Waals surface area contributed by atoms with Gasteiger partial charge in [0.25, 0.3) is 5.91 Å². The van der Waals surface area contributed by atoms with Crippen molar-refractivity contribution in [1.82, 2.24) is 24.7 Å². The Balaban J connectivity index is 1.12. The van der Waals surface area contributed by atoms with Gasteiger partial charge in [-0.2, -0.15) is 18.2 Å². The van der Waals surface area contributed by atoms with Gasteiger partial charge in [0.2, 0.25) is 11.9 Å². The molecule has 16 heteroatoms. The summed E-state index contributed by atoms with van der Waals surface area (Å²) in [4.78, 5) is 47.5. The van der Waals surface area contributed by atoms with E-state index in [0.29, 0.717) is 41.5 Å². The lowest BCUT2D eigenvalue weighted by Gasteiger charge is -2.34. The lowest BCUT2D eigenvalue weighted by Crippen LogP contribution is -2.44. The third kappa shape index (κ3) is 10.6. The van der Waals surface area contributed by atoms with Crippen molar-refractivity contribution < 1.29 is 32.2 Å². The minimum atomic E-state index is -4.65. The fourth-order valence-electron chi connectivity index (χ4n) is 7.59. The number of methoxy groups -OCH3 is 2. The number of aromatic nitrogens is 2. The van der Waals surface area contributed by atoms with Crippen molar-refractivity contribution in [3.8, 4) is 11.5 Å². The summed E-state index contributed by atoms with van der Waals surface area (Å²) in [7, 11) is 7.14. The molecular formula is C46H52F3N9O4. The molecule has 3 heterocycles. The van der Waals surface area contributed by atoms with Crippen LogP contribution in [0.15, 0.2) is 91.1 Å². The van der Waals surface area contributed by atoms with Crippen LogP contribution < -0.4 is 29.9 Å². The summed E-state index contributed by atoms with van der Waals surface area (Å²) in [5, 5.41) is 6.01. The zero-order valence-corrected chi connectivity index (χ0v) is 35.6. The Morgan fingerprint density at radius 1 is 0.774 bits per heavy atom. The standard InChI is InChI=1S/C46H52F3N9O4/c1-31-6-9-36(51-44(60)32-7-8-33(39(27-32)46(47,48)49)30-56-22-18-54(2)19-23-56)26-34(31)28-43(59)58(40-15-14-38(61-4)29-41(40)62-5)42-16-17-50-45(53-42)52-35-10-12-37(13-11-35)57-24-20-55(3)21-25-57/h6-17,26-27,29H,18-25,28,30H2,1-5H3,(H,51,60)(H,50,52,53). The molecule has 2 saturated heterocycles. The average molecular weight is 852 g/mol. The molecule has 5 aromatic rings. The van der Waals surface area contributed by atoms with Gasteiger partial charge in [0.05, 0.1) is 31.9 Å². The number of ether oxygens (including phenoxy) is 2. The van der Waals surface area contributed by atoms with Crippen LogP contribution in [0.4, 0.5) is 47.7 Å². The van der Waals surface area contributed by atoms with Gasteiger partial charge in [0, 0.05) is 99.9 Å². The maximum Gasteiger partial charge on any atom is 0.416 e. The number of piperazine rings is 2. The molecule has 1 aromatic heterocycles. The van der Waals surface area contributed by atoms with E-state index in [0.717, 1.165) is 62.3 Å². The summed E-state index contributed by atoms with van der Waals surface area (Å²) in [6.45, 7) is 8.72. The Labute approximate surface area is 360 Å². The molecule has 2 N–H and O–H groups in total. The number of aryl methyl sites for hydroxylation is 1. The van der Waals surface area contributed by atoms with E-state index in [2.05, 4.69) is 49.5 Å². The number of rotatable bonds is 13. The zero-order chi connectivity index (χ0) is 44.0. The number of nitrogens with zero attached hydrogens (tertiary/aromatic N) is 7. The Bertz CT molecular complexity index is 2360. The van der Waals surface area contributed by atoms with Crippen molar-refractivity contribution in [2.24, 2.45) is 0 Å². The van der Waals surface area contributed by atoms with Crippen LogP contribution in [0.1, 0.15) is 32.6 Å². The summed E-state index contributed by atoms with van der Waals surface area (Å²) in [6.07, 6.45) is -3.22. The molecular weight excluding hydrogens is 800 g/mol. The molecule has 326 valence electrons. The topological polar surface area (TPSA) is 119 Å². The fraction of sp³-hybridized carbons (Fsp3) is 0.348. The first-order valence-corrected chi connectivity index (χ1v) is 20.5. The highest BCUT2D eigenvalue weighted by atomic mass is 19.4. The van der Waals surface area contributed by atoms with Gasteiger partial charge in [-0.05, 0) is 98.4 Å². The van der Waals surface area contributed by atoms with Crippen molar-refractivity contribution in [1.29, 1.82) is 0 Å². The zero-order valence-electron chi connectivity index (χ0n) is 35.6. The van der Waals surface area contributed by atoms with Crippen LogP contribution in [0.3, 0.4) is 0 Å². The number of amides is 2. The van der Waals surface area contributed by atoms with E-state index >= 15 is 0 Å². The summed E-state index contributed by atoms with van der Waals surface area (Å²) in [5.74, 6) is 0.324. The summed E-state index contributed by atoms with van der Waals surface area (Å²) >= 11 is 0. The summed E-state index contributed by atoms with van der Waals surface area (Å²) in [5.41, 5.74) is 3.11. The van der Waals surface area contributed by atoms with Crippen molar-refractivity contribution in [3.05, 3.63) is 119 Å². The maximum absolute atomic E-state index is 14.6. The number of carbonyl (C=O) groups is 2. The highest BCUT2D eigenvalue weighted by Gasteiger charge is 2.35. The molecule has 0 radical (unpaired) electrons. The van der Waals surface area contributed by atoms with Gasteiger partial charge < -0.3 is 34.8 Å². The van der Waals surface area contributed by atoms with Crippen molar-refractivity contribution >= 4 is 46.3 Å². The predicted molar refractivity (Wildman–Crippen MR) is 235 cm³/mol. The first kappa shape index (κ1) is 43.8. The largest absolute Gasteiger partial charge is 0.497 e. The van der Waals surface area contributed by atoms with E-state index in [9.17, 15) is 22.8 Å². The molecule has 2 aliphatic rings. The molecule has 13 nitrogen and oxygen atoms in total. The molecule has 0 aliphatic carbocycles. The third-order valence-electron chi connectivity index (χ3n) is 11.4.